The highest BCUT2D eigenvalue weighted by Crippen LogP contribution is 2.12. The number of benzene rings is 2. The molecule has 0 aliphatic heterocycles. The second-order valence-electron chi connectivity index (χ2n) is 5.11. The van der Waals surface area contributed by atoms with E-state index in [0.717, 1.165) is 18.0 Å². The lowest BCUT2D eigenvalue weighted by Gasteiger charge is -2.14. The summed E-state index contributed by atoms with van der Waals surface area (Å²) in [5.74, 6) is 0. The van der Waals surface area contributed by atoms with Gasteiger partial charge in [0.25, 0.3) is 0 Å². The molecule has 0 amide bonds. The second-order valence-corrected chi connectivity index (χ2v) is 5.54. The van der Waals surface area contributed by atoms with Crippen LogP contribution in [-0.4, -0.2) is 6.04 Å². The Kier molecular flexibility index (Phi) is 5.00. The maximum atomic E-state index is 6.00. The number of rotatable bonds is 5. The molecule has 0 aliphatic carbocycles. The maximum absolute atomic E-state index is 6.00. The highest BCUT2D eigenvalue weighted by atomic mass is 35.5. The summed E-state index contributed by atoms with van der Waals surface area (Å²) < 4.78 is 0. The van der Waals surface area contributed by atoms with Crippen LogP contribution in [0.4, 0.5) is 0 Å². The predicted octanol–water partition coefficient (Wildman–Crippen LogP) is 4.37. The zero-order valence-corrected chi connectivity index (χ0v) is 12.2. The highest BCUT2D eigenvalue weighted by molar-refractivity contribution is 6.30. The van der Waals surface area contributed by atoms with Gasteiger partial charge in [0.2, 0.25) is 0 Å². The van der Waals surface area contributed by atoms with Crippen molar-refractivity contribution < 1.29 is 0 Å². The SMILES string of the molecule is Cc1cccc(CNC(C)Cc2cccc(Cl)c2)c1. The van der Waals surface area contributed by atoms with Crippen molar-refractivity contribution in [3.63, 3.8) is 0 Å². The minimum atomic E-state index is 0.430. The molecule has 0 spiro atoms. The molecule has 0 fully saturated rings. The summed E-state index contributed by atoms with van der Waals surface area (Å²) in [7, 11) is 0. The number of halogens is 1. The first-order valence-electron chi connectivity index (χ1n) is 6.67. The number of nitrogens with one attached hydrogen (secondary N) is 1. The Morgan fingerprint density at radius 1 is 1.05 bits per heavy atom. The molecule has 0 saturated heterocycles. The van der Waals surface area contributed by atoms with Crippen LogP contribution < -0.4 is 5.32 Å². The number of aryl methyl sites for hydroxylation is 1. The molecule has 1 unspecified atom stereocenters. The van der Waals surface area contributed by atoms with E-state index in [1.165, 1.54) is 16.7 Å². The van der Waals surface area contributed by atoms with E-state index >= 15 is 0 Å². The first kappa shape index (κ1) is 14.1. The Morgan fingerprint density at radius 3 is 2.53 bits per heavy atom. The maximum Gasteiger partial charge on any atom is 0.0408 e. The Morgan fingerprint density at radius 2 is 1.79 bits per heavy atom. The molecule has 1 nitrogen and oxygen atoms in total. The van der Waals surface area contributed by atoms with Gasteiger partial charge in [0.1, 0.15) is 0 Å². The molecule has 2 heteroatoms. The number of hydrogen-bond donors (Lipinski definition) is 1. The van der Waals surface area contributed by atoms with Crippen molar-refractivity contribution in [2.45, 2.75) is 32.9 Å². The van der Waals surface area contributed by atoms with Crippen LogP contribution in [0, 0.1) is 6.92 Å². The van der Waals surface area contributed by atoms with Crippen LogP contribution in [0.5, 0.6) is 0 Å². The summed E-state index contributed by atoms with van der Waals surface area (Å²) >= 11 is 6.00. The molecule has 19 heavy (non-hydrogen) atoms. The van der Waals surface area contributed by atoms with E-state index in [-0.39, 0.29) is 0 Å². The van der Waals surface area contributed by atoms with Crippen LogP contribution in [-0.2, 0) is 13.0 Å². The van der Waals surface area contributed by atoms with E-state index < -0.39 is 0 Å². The van der Waals surface area contributed by atoms with Crippen LogP contribution in [0.15, 0.2) is 48.5 Å². The molecule has 1 N–H and O–H groups in total. The van der Waals surface area contributed by atoms with E-state index in [1.807, 2.05) is 18.2 Å². The number of hydrogen-bond acceptors (Lipinski definition) is 1. The standard InChI is InChI=1S/C17H20ClN/c1-13-5-3-7-16(9-13)12-19-14(2)10-15-6-4-8-17(18)11-15/h3-9,11,14,19H,10,12H2,1-2H3. The van der Waals surface area contributed by atoms with Gasteiger partial charge in [0.05, 0.1) is 0 Å². The molecule has 0 heterocycles. The molecule has 0 saturated carbocycles. The third-order valence-corrected chi connectivity index (χ3v) is 3.40. The summed E-state index contributed by atoms with van der Waals surface area (Å²) in [6.07, 6.45) is 0.992. The van der Waals surface area contributed by atoms with Gasteiger partial charge in [-0.2, -0.15) is 0 Å². The molecule has 1 atom stereocenters. The van der Waals surface area contributed by atoms with Crippen molar-refractivity contribution in [1.82, 2.24) is 5.32 Å². The van der Waals surface area contributed by atoms with Gasteiger partial charge in [-0.05, 0) is 43.5 Å². The van der Waals surface area contributed by atoms with Gasteiger partial charge in [0.15, 0.2) is 0 Å². The Balaban J connectivity index is 1.86. The topological polar surface area (TPSA) is 12.0 Å². The largest absolute Gasteiger partial charge is 0.310 e. The van der Waals surface area contributed by atoms with E-state index in [1.54, 1.807) is 0 Å². The molecule has 0 aliphatic rings. The van der Waals surface area contributed by atoms with Gasteiger partial charge in [0, 0.05) is 17.6 Å². The molecule has 0 radical (unpaired) electrons. The molecule has 0 aromatic heterocycles. The van der Waals surface area contributed by atoms with Crippen LogP contribution in [0.1, 0.15) is 23.6 Å². The summed E-state index contributed by atoms with van der Waals surface area (Å²) in [6.45, 7) is 5.24. The minimum absolute atomic E-state index is 0.430. The van der Waals surface area contributed by atoms with Gasteiger partial charge < -0.3 is 5.32 Å². The fourth-order valence-electron chi connectivity index (χ4n) is 2.20. The van der Waals surface area contributed by atoms with E-state index in [2.05, 4.69) is 49.5 Å². The predicted molar refractivity (Wildman–Crippen MR) is 82.6 cm³/mol. The van der Waals surface area contributed by atoms with Crippen LogP contribution >= 0.6 is 11.6 Å². The van der Waals surface area contributed by atoms with Gasteiger partial charge in [-0.15, -0.1) is 0 Å². The smallest absolute Gasteiger partial charge is 0.0408 e. The monoisotopic (exact) mass is 273 g/mol. The zero-order valence-electron chi connectivity index (χ0n) is 11.5. The van der Waals surface area contributed by atoms with Crippen molar-refractivity contribution in [3.8, 4) is 0 Å². The zero-order chi connectivity index (χ0) is 13.7. The average Bonchev–Trinajstić information content (AvgIpc) is 2.36. The molecule has 2 rings (SSSR count). The minimum Gasteiger partial charge on any atom is -0.310 e. The third kappa shape index (κ3) is 4.70. The Bertz CT molecular complexity index is 536. The van der Waals surface area contributed by atoms with Crippen molar-refractivity contribution in [3.05, 3.63) is 70.2 Å². The Labute approximate surface area is 120 Å². The third-order valence-electron chi connectivity index (χ3n) is 3.17. The summed E-state index contributed by atoms with van der Waals surface area (Å²) in [6, 6.07) is 17.1. The van der Waals surface area contributed by atoms with E-state index in [4.69, 9.17) is 11.6 Å². The fourth-order valence-corrected chi connectivity index (χ4v) is 2.42. The summed E-state index contributed by atoms with van der Waals surface area (Å²) in [4.78, 5) is 0. The molecule has 0 bridgehead atoms. The van der Waals surface area contributed by atoms with Gasteiger partial charge in [-0.1, -0.05) is 53.6 Å². The van der Waals surface area contributed by atoms with Gasteiger partial charge >= 0.3 is 0 Å². The molecular formula is C17H20ClN. The van der Waals surface area contributed by atoms with Gasteiger partial charge in [-0.3, -0.25) is 0 Å². The lowest BCUT2D eigenvalue weighted by atomic mass is 10.1. The first-order chi connectivity index (χ1) is 9.13. The van der Waals surface area contributed by atoms with Crippen LogP contribution in [0.3, 0.4) is 0 Å². The van der Waals surface area contributed by atoms with Crippen LogP contribution in [0.2, 0.25) is 5.02 Å². The molecule has 100 valence electrons. The molecule has 2 aromatic rings. The first-order valence-corrected chi connectivity index (χ1v) is 7.04. The quantitative estimate of drug-likeness (QED) is 0.853. The van der Waals surface area contributed by atoms with Crippen LogP contribution in [0.25, 0.3) is 0 Å². The normalized spacial score (nSPS) is 12.4. The summed E-state index contributed by atoms with van der Waals surface area (Å²) in [5, 5.41) is 4.36. The van der Waals surface area contributed by atoms with Crippen molar-refractivity contribution in [1.29, 1.82) is 0 Å². The highest BCUT2D eigenvalue weighted by Gasteiger charge is 2.04. The van der Waals surface area contributed by atoms with E-state index in [9.17, 15) is 0 Å². The van der Waals surface area contributed by atoms with Crippen molar-refractivity contribution in [2.75, 3.05) is 0 Å². The lowest BCUT2D eigenvalue weighted by molar-refractivity contribution is 0.545. The second kappa shape index (κ2) is 6.74. The summed E-state index contributed by atoms with van der Waals surface area (Å²) in [5.41, 5.74) is 3.91. The average molecular weight is 274 g/mol. The van der Waals surface area contributed by atoms with Gasteiger partial charge in [-0.25, -0.2) is 0 Å². The Hall–Kier alpha value is -1.31. The van der Waals surface area contributed by atoms with Crippen molar-refractivity contribution in [2.24, 2.45) is 0 Å². The van der Waals surface area contributed by atoms with Crippen molar-refractivity contribution >= 4 is 11.6 Å². The molecule has 2 aromatic carbocycles. The fraction of sp³-hybridized carbons (Fsp3) is 0.294. The lowest BCUT2D eigenvalue weighted by Crippen LogP contribution is -2.27. The molecular weight excluding hydrogens is 254 g/mol. The van der Waals surface area contributed by atoms with E-state index in [0.29, 0.717) is 6.04 Å².